The molecule has 0 spiro atoms. The van der Waals surface area contributed by atoms with Gasteiger partial charge in [-0.25, -0.2) is 9.97 Å². The summed E-state index contributed by atoms with van der Waals surface area (Å²) < 4.78 is 0. The second-order valence-corrected chi connectivity index (χ2v) is 6.55. The first kappa shape index (κ1) is 14.6. The first-order valence-corrected chi connectivity index (χ1v) is 8.65. The van der Waals surface area contributed by atoms with Crippen molar-refractivity contribution in [2.75, 3.05) is 23.7 Å². The maximum atomic E-state index is 4.51. The molecule has 4 nitrogen and oxygen atoms in total. The Bertz CT molecular complexity index is 454. The van der Waals surface area contributed by atoms with Gasteiger partial charge in [-0.15, -0.1) is 0 Å². The van der Waals surface area contributed by atoms with E-state index in [1.54, 1.807) is 6.33 Å². The van der Waals surface area contributed by atoms with Gasteiger partial charge in [0.2, 0.25) is 0 Å². The third-order valence-electron chi connectivity index (χ3n) is 4.75. The number of nitrogens with one attached hydrogen (secondary N) is 2. The predicted molar refractivity (Wildman–Crippen MR) is 87.6 cm³/mol. The van der Waals surface area contributed by atoms with Gasteiger partial charge in [0.1, 0.15) is 18.0 Å². The SMILES string of the molecule is CCCc1c(NCC)ncnc1NCC(C1CC1)C1CC1. The zero-order valence-corrected chi connectivity index (χ0v) is 13.4. The lowest BCUT2D eigenvalue weighted by molar-refractivity contribution is 0.427. The van der Waals surface area contributed by atoms with Crippen LogP contribution in [-0.2, 0) is 6.42 Å². The average Bonchev–Trinajstić information content (AvgIpc) is 3.37. The molecule has 21 heavy (non-hydrogen) atoms. The fourth-order valence-corrected chi connectivity index (χ4v) is 3.35. The molecule has 1 heterocycles. The number of aromatic nitrogens is 2. The van der Waals surface area contributed by atoms with Crippen LogP contribution in [0, 0.1) is 17.8 Å². The zero-order chi connectivity index (χ0) is 14.7. The van der Waals surface area contributed by atoms with Crippen molar-refractivity contribution < 1.29 is 0 Å². The summed E-state index contributed by atoms with van der Waals surface area (Å²) in [5.41, 5.74) is 1.26. The molecule has 0 aromatic carbocycles. The maximum Gasteiger partial charge on any atom is 0.134 e. The molecule has 0 saturated heterocycles. The van der Waals surface area contributed by atoms with Crippen molar-refractivity contribution in [2.24, 2.45) is 17.8 Å². The van der Waals surface area contributed by atoms with E-state index in [0.29, 0.717) is 0 Å². The molecule has 0 aliphatic heterocycles. The first-order chi connectivity index (χ1) is 10.3. The molecule has 0 amide bonds. The van der Waals surface area contributed by atoms with Crippen molar-refractivity contribution in [1.29, 1.82) is 0 Å². The van der Waals surface area contributed by atoms with Crippen LogP contribution in [0.4, 0.5) is 11.6 Å². The number of nitrogens with zero attached hydrogens (tertiary/aromatic N) is 2. The van der Waals surface area contributed by atoms with E-state index in [2.05, 4.69) is 34.4 Å². The second kappa shape index (κ2) is 6.63. The molecular weight excluding hydrogens is 260 g/mol. The van der Waals surface area contributed by atoms with Crippen LogP contribution in [0.15, 0.2) is 6.33 Å². The molecule has 2 aliphatic rings. The van der Waals surface area contributed by atoms with Crippen LogP contribution in [0.25, 0.3) is 0 Å². The molecule has 2 N–H and O–H groups in total. The van der Waals surface area contributed by atoms with Gasteiger partial charge in [-0.3, -0.25) is 0 Å². The summed E-state index contributed by atoms with van der Waals surface area (Å²) in [5.74, 6) is 4.89. The minimum atomic E-state index is 0.872. The molecule has 0 bridgehead atoms. The third-order valence-corrected chi connectivity index (χ3v) is 4.75. The lowest BCUT2D eigenvalue weighted by Crippen LogP contribution is -2.20. The second-order valence-electron chi connectivity index (χ2n) is 6.55. The van der Waals surface area contributed by atoms with E-state index in [9.17, 15) is 0 Å². The molecule has 1 aromatic rings. The fourth-order valence-electron chi connectivity index (χ4n) is 3.35. The van der Waals surface area contributed by atoms with Crippen LogP contribution < -0.4 is 10.6 Å². The van der Waals surface area contributed by atoms with Gasteiger partial charge in [-0.1, -0.05) is 13.3 Å². The Hall–Kier alpha value is -1.32. The number of anilines is 2. The fraction of sp³-hybridized carbons (Fsp3) is 0.765. The van der Waals surface area contributed by atoms with E-state index >= 15 is 0 Å². The summed E-state index contributed by atoms with van der Waals surface area (Å²) in [4.78, 5) is 8.92. The number of hydrogen-bond acceptors (Lipinski definition) is 4. The quantitative estimate of drug-likeness (QED) is 0.727. The largest absolute Gasteiger partial charge is 0.370 e. The predicted octanol–water partition coefficient (Wildman–Crippen LogP) is 3.71. The Labute approximate surface area is 128 Å². The first-order valence-electron chi connectivity index (χ1n) is 8.65. The van der Waals surface area contributed by atoms with Crippen molar-refractivity contribution in [3.63, 3.8) is 0 Å². The number of hydrogen-bond donors (Lipinski definition) is 2. The maximum absolute atomic E-state index is 4.51. The van der Waals surface area contributed by atoms with Gasteiger partial charge in [0.25, 0.3) is 0 Å². The topological polar surface area (TPSA) is 49.8 Å². The molecule has 2 saturated carbocycles. The van der Waals surface area contributed by atoms with Gasteiger partial charge in [0.15, 0.2) is 0 Å². The van der Waals surface area contributed by atoms with Gasteiger partial charge in [0.05, 0.1) is 0 Å². The lowest BCUT2D eigenvalue weighted by Gasteiger charge is -2.19. The van der Waals surface area contributed by atoms with Crippen LogP contribution in [0.2, 0.25) is 0 Å². The van der Waals surface area contributed by atoms with E-state index in [0.717, 1.165) is 55.3 Å². The van der Waals surface area contributed by atoms with E-state index < -0.39 is 0 Å². The molecule has 2 fully saturated rings. The van der Waals surface area contributed by atoms with Crippen LogP contribution in [0.1, 0.15) is 51.5 Å². The van der Waals surface area contributed by atoms with Gasteiger partial charge in [-0.05, 0) is 56.8 Å². The molecule has 3 rings (SSSR count). The van der Waals surface area contributed by atoms with Crippen LogP contribution in [0.5, 0.6) is 0 Å². The van der Waals surface area contributed by atoms with Crippen molar-refractivity contribution in [1.82, 2.24) is 9.97 Å². The molecule has 1 aromatic heterocycles. The van der Waals surface area contributed by atoms with Gasteiger partial charge in [-0.2, -0.15) is 0 Å². The summed E-state index contributed by atoms with van der Waals surface area (Å²) in [6.07, 6.45) is 9.60. The van der Waals surface area contributed by atoms with Crippen molar-refractivity contribution in [3.05, 3.63) is 11.9 Å². The van der Waals surface area contributed by atoms with E-state index in [1.807, 2.05) is 0 Å². The van der Waals surface area contributed by atoms with E-state index in [-0.39, 0.29) is 0 Å². The third kappa shape index (κ3) is 3.66. The van der Waals surface area contributed by atoms with Crippen LogP contribution >= 0.6 is 0 Å². The Morgan fingerprint density at radius 1 is 1.05 bits per heavy atom. The summed E-state index contributed by atoms with van der Waals surface area (Å²) in [5, 5.41) is 7.02. The van der Waals surface area contributed by atoms with Gasteiger partial charge < -0.3 is 10.6 Å². The molecule has 116 valence electrons. The number of rotatable bonds is 9. The van der Waals surface area contributed by atoms with Crippen LogP contribution in [0.3, 0.4) is 0 Å². The lowest BCUT2D eigenvalue weighted by atomic mass is 9.98. The standard InChI is InChI=1S/C17H28N4/c1-3-5-14-16(18-4-2)20-11-21-17(14)19-10-15(12-6-7-12)13-8-9-13/h11-13,15H,3-10H2,1-2H3,(H2,18,19,20,21). The van der Waals surface area contributed by atoms with E-state index in [4.69, 9.17) is 0 Å². The highest BCUT2D eigenvalue weighted by molar-refractivity contribution is 5.57. The molecule has 2 aliphatic carbocycles. The molecule has 4 heteroatoms. The normalized spacial score (nSPS) is 18.0. The average molecular weight is 288 g/mol. The van der Waals surface area contributed by atoms with Gasteiger partial charge in [0, 0.05) is 18.7 Å². The summed E-state index contributed by atoms with van der Waals surface area (Å²) in [7, 11) is 0. The van der Waals surface area contributed by atoms with Crippen LogP contribution in [-0.4, -0.2) is 23.1 Å². The Kier molecular flexibility index (Phi) is 4.61. The molecule has 0 unspecified atom stereocenters. The molecule has 0 atom stereocenters. The summed E-state index contributed by atoms with van der Waals surface area (Å²) in [6.45, 7) is 6.32. The minimum Gasteiger partial charge on any atom is -0.370 e. The molecular formula is C17H28N4. The summed E-state index contributed by atoms with van der Waals surface area (Å²) >= 11 is 0. The van der Waals surface area contributed by atoms with Gasteiger partial charge >= 0.3 is 0 Å². The van der Waals surface area contributed by atoms with Crippen molar-refractivity contribution in [2.45, 2.75) is 52.4 Å². The highest BCUT2D eigenvalue weighted by Crippen LogP contribution is 2.49. The monoisotopic (exact) mass is 288 g/mol. The minimum absolute atomic E-state index is 0.872. The summed E-state index contributed by atoms with van der Waals surface area (Å²) in [6, 6.07) is 0. The zero-order valence-electron chi connectivity index (χ0n) is 13.4. The molecule has 0 radical (unpaired) electrons. The Morgan fingerprint density at radius 3 is 2.19 bits per heavy atom. The highest BCUT2D eigenvalue weighted by Gasteiger charge is 2.41. The smallest absolute Gasteiger partial charge is 0.134 e. The van der Waals surface area contributed by atoms with Crippen molar-refractivity contribution >= 4 is 11.6 Å². The van der Waals surface area contributed by atoms with Crippen molar-refractivity contribution in [3.8, 4) is 0 Å². The Morgan fingerprint density at radius 2 is 1.67 bits per heavy atom. The van der Waals surface area contributed by atoms with E-state index in [1.165, 1.54) is 31.2 Å². The highest BCUT2D eigenvalue weighted by atomic mass is 15.1. The Balaban J connectivity index is 1.69.